The van der Waals surface area contributed by atoms with Gasteiger partial charge in [-0.15, -0.1) is 0 Å². The van der Waals surface area contributed by atoms with Crippen molar-refractivity contribution in [2.45, 2.75) is 64.2 Å². The Kier molecular flexibility index (Phi) is 8.01. The highest BCUT2D eigenvalue weighted by Gasteiger charge is 2.24. The van der Waals surface area contributed by atoms with Crippen LogP contribution in [-0.4, -0.2) is 6.61 Å². The average molecular weight is 417 g/mol. The van der Waals surface area contributed by atoms with Gasteiger partial charge in [-0.25, -0.2) is 13.2 Å². The Balaban J connectivity index is 1.52. The van der Waals surface area contributed by atoms with E-state index in [9.17, 15) is 13.2 Å². The van der Waals surface area contributed by atoms with E-state index in [0.717, 1.165) is 44.1 Å². The van der Waals surface area contributed by atoms with Gasteiger partial charge in [0, 0.05) is 0 Å². The van der Waals surface area contributed by atoms with E-state index in [1.165, 1.54) is 0 Å². The van der Waals surface area contributed by atoms with Gasteiger partial charge in [0.15, 0.2) is 23.2 Å². The van der Waals surface area contributed by atoms with Crippen LogP contribution in [0.3, 0.4) is 0 Å². The first kappa shape index (κ1) is 22.5. The SMILES string of the molecule is C=CCOc1ccc(C2CCC(CCc3ccc(CCC)c(F)c3F)CC2)cc1F. The first-order chi connectivity index (χ1) is 14.5. The minimum absolute atomic E-state index is 0.256. The Morgan fingerprint density at radius 2 is 1.63 bits per heavy atom. The fourth-order valence-corrected chi connectivity index (χ4v) is 4.47. The molecule has 0 bridgehead atoms. The van der Waals surface area contributed by atoms with Gasteiger partial charge in [0.1, 0.15) is 6.61 Å². The molecule has 0 unspecified atom stereocenters. The molecule has 0 aromatic heterocycles. The van der Waals surface area contributed by atoms with E-state index in [1.54, 1.807) is 30.3 Å². The van der Waals surface area contributed by atoms with Crippen molar-refractivity contribution in [3.05, 3.63) is 77.1 Å². The third-order valence-corrected chi connectivity index (χ3v) is 6.21. The minimum atomic E-state index is -0.680. The predicted molar refractivity (Wildman–Crippen MR) is 115 cm³/mol. The molecule has 0 N–H and O–H groups in total. The zero-order valence-electron chi connectivity index (χ0n) is 17.7. The van der Waals surface area contributed by atoms with E-state index in [2.05, 4.69) is 6.58 Å². The minimum Gasteiger partial charge on any atom is -0.486 e. The molecule has 162 valence electrons. The van der Waals surface area contributed by atoms with E-state index < -0.39 is 11.6 Å². The molecule has 1 saturated carbocycles. The summed E-state index contributed by atoms with van der Waals surface area (Å²) in [4.78, 5) is 0. The molecule has 0 spiro atoms. The molecule has 0 radical (unpaired) electrons. The zero-order chi connectivity index (χ0) is 21.5. The molecule has 1 aliphatic rings. The van der Waals surface area contributed by atoms with Gasteiger partial charge in [-0.2, -0.15) is 0 Å². The number of hydrogen-bond donors (Lipinski definition) is 0. The number of rotatable bonds is 9. The highest BCUT2D eigenvalue weighted by atomic mass is 19.2. The smallest absolute Gasteiger partial charge is 0.165 e. The molecular formula is C26H31F3O. The van der Waals surface area contributed by atoms with Crippen molar-refractivity contribution < 1.29 is 17.9 Å². The van der Waals surface area contributed by atoms with Gasteiger partial charge in [-0.1, -0.05) is 44.2 Å². The quantitative estimate of drug-likeness (QED) is 0.384. The first-order valence-corrected chi connectivity index (χ1v) is 11.0. The van der Waals surface area contributed by atoms with E-state index in [0.29, 0.717) is 35.8 Å². The van der Waals surface area contributed by atoms with Gasteiger partial charge in [0.05, 0.1) is 0 Å². The van der Waals surface area contributed by atoms with E-state index in [-0.39, 0.29) is 18.2 Å². The van der Waals surface area contributed by atoms with Crippen LogP contribution in [0.2, 0.25) is 0 Å². The van der Waals surface area contributed by atoms with Gasteiger partial charge in [0.25, 0.3) is 0 Å². The van der Waals surface area contributed by atoms with Crippen molar-refractivity contribution in [3.8, 4) is 5.75 Å². The molecule has 1 aliphatic carbocycles. The lowest BCUT2D eigenvalue weighted by atomic mass is 9.77. The molecule has 4 heteroatoms. The molecule has 1 nitrogen and oxygen atoms in total. The maximum Gasteiger partial charge on any atom is 0.165 e. The van der Waals surface area contributed by atoms with E-state index in [4.69, 9.17) is 4.74 Å². The Morgan fingerprint density at radius 3 is 2.23 bits per heavy atom. The van der Waals surface area contributed by atoms with Crippen LogP contribution < -0.4 is 4.74 Å². The lowest BCUT2D eigenvalue weighted by Crippen LogP contribution is -2.14. The number of aryl methyl sites for hydroxylation is 2. The second-order valence-corrected chi connectivity index (χ2v) is 8.31. The maximum atomic E-state index is 14.3. The summed E-state index contributed by atoms with van der Waals surface area (Å²) < 4.78 is 48.1. The molecule has 0 saturated heterocycles. The Morgan fingerprint density at radius 1 is 0.967 bits per heavy atom. The van der Waals surface area contributed by atoms with Gasteiger partial charge in [-0.3, -0.25) is 0 Å². The fourth-order valence-electron chi connectivity index (χ4n) is 4.47. The van der Waals surface area contributed by atoms with Crippen molar-refractivity contribution >= 4 is 0 Å². The molecule has 0 heterocycles. The maximum absolute atomic E-state index is 14.3. The summed E-state index contributed by atoms with van der Waals surface area (Å²) in [7, 11) is 0. The van der Waals surface area contributed by atoms with Gasteiger partial charge >= 0.3 is 0 Å². The zero-order valence-corrected chi connectivity index (χ0v) is 17.7. The van der Waals surface area contributed by atoms with E-state index in [1.807, 2.05) is 13.0 Å². The van der Waals surface area contributed by atoms with Crippen LogP contribution in [0.1, 0.15) is 68.1 Å². The fraction of sp³-hybridized carbons (Fsp3) is 0.462. The van der Waals surface area contributed by atoms with Crippen LogP contribution in [0.5, 0.6) is 5.75 Å². The summed E-state index contributed by atoms with van der Waals surface area (Å²) in [5.41, 5.74) is 1.95. The highest BCUT2D eigenvalue weighted by Crippen LogP contribution is 2.38. The summed E-state index contributed by atoms with van der Waals surface area (Å²) in [5.74, 6) is -0.595. The van der Waals surface area contributed by atoms with Crippen LogP contribution in [0.25, 0.3) is 0 Å². The lowest BCUT2D eigenvalue weighted by Gasteiger charge is -2.29. The molecule has 3 rings (SSSR count). The summed E-state index contributed by atoms with van der Waals surface area (Å²) in [6.07, 6.45) is 8.41. The monoisotopic (exact) mass is 416 g/mol. The standard InChI is InChI=1S/C26H31F3O/c1-3-5-20-12-13-21(26(29)25(20)28)11-8-18-6-9-19(10-7-18)22-14-15-24(23(27)17-22)30-16-4-2/h4,12-15,17-19H,2-3,5-11,16H2,1H3. The van der Waals surface area contributed by atoms with Crippen molar-refractivity contribution in [1.82, 2.24) is 0 Å². The summed E-state index contributed by atoms with van der Waals surface area (Å²) in [5, 5.41) is 0. The summed E-state index contributed by atoms with van der Waals surface area (Å²) in [6.45, 7) is 5.82. The average Bonchev–Trinajstić information content (AvgIpc) is 2.76. The van der Waals surface area contributed by atoms with Crippen LogP contribution in [0, 0.1) is 23.4 Å². The Hall–Kier alpha value is -2.23. The topological polar surface area (TPSA) is 9.23 Å². The molecular weight excluding hydrogens is 385 g/mol. The molecule has 2 aromatic carbocycles. The molecule has 1 fully saturated rings. The molecule has 0 atom stereocenters. The summed E-state index contributed by atoms with van der Waals surface area (Å²) >= 11 is 0. The number of ether oxygens (including phenoxy) is 1. The Labute approximate surface area is 178 Å². The van der Waals surface area contributed by atoms with Gasteiger partial charge in [-0.05, 0) is 85.6 Å². The van der Waals surface area contributed by atoms with Crippen molar-refractivity contribution in [3.63, 3.8) is 0 Å². The van der Waals surface area contributed by atoms with Gasteiger partial charge < -0.3 is 4.74 Å². The van der Waals surface area contributed by atoms with Crippen LogP contribution >= 0.6 is 0 Å². The van der Waals surface area contributed by atoms with Gasteiger partial charge in [0.2, 0.25) is 0 Å². The highest BCUT2D eigenvalue weighted by molar-refractivity contribution is 5.32. The van der Waals surface area contributed by atoms with Crippen molar-refractivity contribution in [1.29, 1.82) is 0 Å². The first-order valence-electron chi connectivity index (χ1n) is 11.0. The third-order valence-electron chi connectivity index (χ3n) is 6.21. The van der Waals surface area contributed by atoms with Crippen molar-refractivity contribution in [2.75, 3.05) is 6.61 Å². The number of benzene rings is 2. The van der Waals surface area contributed by atoms with E-state index >= 15 is 0 Å². The second-order valence-electron chi connectivity index (χ2n) is 8.31. The van der Waals surface area contributed by atoms with Crippen LogP contribution in [0.15, 0.2) is 43.0 Å². The molecule has 2 aromatic rings. The largest absolute Gasteiger partial charge is 0.486 e. The normalized spacial score (nSPS) is 18.9. The molecule has 0 aliphatic heterocycles. The van der Waals surface area contributed by atoms with Crippen LogP contribution in [0.4, 0.5) is 13.2 Å². The lowest BCUT2D eigenvalue weighted by molar-refractivity contribution is 0.307. The number of hydrogen-bond acceptors (Lipinski definition) is 1. The van der Waals surface area contributed by atoms with Crippen molar-refractivity contribution in [2.24, 2.45) is 5.92 Å². The molecule has 0 amide bonds. The number of halogens is 3. The third kappa shape index (κ3) is 5.47. The summed E-state index contributed by atoms with van der Waals surface area (Å²) in [6, 6.07) is 8.70. The van der Waals surface area contributed by atoms with Crippen LogP contribution in [-0.2, 0) is 12.8 Å². The Bertz CT molecular complexity index is 854. The predicted octanol–water partition coefficient (Wildman–Crippen LogP) is 7.53. The molecule has 30 heavy (non-hydrogen) atoms. The second kappa shape index (κ2) is 10.7.